The van der Waals surface area contributed by atoms with E-state index >= 15 is 0 Å². The lowest BCUT2D eigenvalue weighted by atomic mass is 9.95. The van der Waals surface area contributed by atoms with Crippen LogP contribution in [0.25, 0.3) is 88.8 Å². The molecule has 0 bridgehead atoms. The first-order valence-electron chi connectivity index (χ1n) is 16.2. The Bertz CT molecular complexity index is 2900. The van der Waals surface area contributed by atoms with E-state index in [1.54, 1.807) is 0 Å². The van der Waals surface area contributed by atoms with Crippen LogP contribution in [0.2, 0.25) is 0 Å². The Balaban J connectivity index is 1.12. The van der Waals surface area contributed by atoms with Crippen molar-refractivity contribution in [3.05, 3.63) is 127 Å². The van der Waals surface area contributed by atoms with Crippen molar-refractivity contribution < 1.29 is 4.42 Å². The molecule has 0 amide bonds. The number of imidazole rings is 3. The standard InChI is InChI=1S/C41H30N6O/c1-23(2)27-17-14-25(21-36(27)46-34-12-5-3-10-31(34)43-40(46)42)24-16-19-38-30(20-24)29-9-7-8-28(39(29)48-38)26-15-18-33-37(22-26)47-35-13-6-4-11-32(35)44-41(47)45-33/h3-23H,1-2H3,(H2,42,43)(H,44,45). The van der Waals surface area contributed by atoms with Gasteiger partial charge in [-0.15, -0.1) is 0 Å². The average Bonchev–Trinajstić information content (AvgIpc) is 3.85. The van der Waals surface area contributed by atoms with E-state index in [9.17, 15) is 0 Å². The molecule has 7 nitrogen and oxygen atoms in total. The third-order valence-electron chi connectivity index (χ3n) is 9.67. The van der Waals surface area contributed by atoms with Crippen LogP contribution < -0.4 is 5.73 Å². The third kappa shape index (κ3) is 3.81. The molecule has 3 N–H and O–H groups in total. The van der Waals surface area contributed by atoms with Gasteiger partial charge in [-0.2, -0.15) is 0 Å². The quantitative estimate of drug-likeness (QED) is 0.204. The van der Waals surface area contributed by atoms with Gasteiger partial charge in [-0.3, -0.25) is 8.97 Å². The number of aromatic nitrogens is 5. The van der Waals surface area contributed by atoms with Gasteiger partial charge < -0.3 is 15.1 Å². The maximum Gasteiger partial charge on any atom is 0.213 e. The fourth-order valence-electron chi connectivity index (χ4n) is 7.37. The van der Waals surface area contributed by atoms with Gasteiger partial charge in [-0.1, -0.05) is 80.6 Å². The third-order valence-corrected chi connectivity index (χ3v) is 9.67. The van der Waals surface area contributed by atoms with Crippen molar-refractivity contribution in [2.75, 3.05) is 5.73 Å². The van der Waals surface area contributed by atoms with Crippen LogP contribution in [0.5, 0.6) is 0 Å². The van der Waals surface area contributed by atoms with Crippen molar-refractivity contribution in [2.45, 2.75) is 19.8 Å². The average molecular weight is 623 g/mol. The van der Waals surface area contributed by atoms with Crippen LogP contribution in [0, 0.1) is 0 Å². The summed E-state index contributed by atoms with van der Waals surface area (Å²) in [6.07, 6.45) is 0. The molecule has 4 heterocycles. The minimum absolute atomic E-state index is 0.308. The van der Waals surface area contributed by atoms with Crippen LogP contribution >= 0.6 is 0 Å². The van der Waals surface area contributed by atoms with E-state index in [1.807, 2.05) is 30.3 Å². The number of rotatable bonds is 4. The lowest BCUT2D eigenvalue weighted by Crippen LogP contribution is -2.05. The first-order chi connectivity index (χ1) is 23.5. The molecular formula is C41H30N6O. The minimum atomic E-state index is 0.308. The van der Waals surface area contributed by atoms with Crippen LogP contribution in [0.3, 0.4) is 0 Å². The van der Waals surface area contributed by atoms with Gasteiger partial charge in [-0.05, 0) is 82.8 Å². The second-order valence-electron chi connectivity index (χ2n) is 12.8. The number of hydrogen-bond donors (Lipinski definition) is 2. The molecule has 0 radical (unpaired) electrons. The summed E-state index contributed by atoms with van der Waals surface area (Å²) >= 11 is 0. The van der Waals surface area contributed by atoms with Crippen LogP contribution in [0.4, 0.5) is 5.95 Å². The van der Waals surface area contributed by atoms with E-state index < -0.39 is 0 Å². The summed E-state index contributed by atoms with van der Waals surface area (Å²) in [5, 5.41) is 2.16. The van der Waals surface area contributed by atoms with E-state index in [0.29, 0.717) is 11.9 Å². The molecule has 230 valence electrons. The number of nitrogens with one attached hydrogen (secondary N) is 1. The van der Waals surface area contributed by atoms with E-state index in [1.165, 1.54) is 5.56 Å². The fourth-order valence-corrected chi connectivity index (χ4v) is 7.37. The van der Waals surface area contributed by atoms with Gasteiger partial charge >= 0.3 is 0 Å². The lowest BCUT2D eigenvalue weighted by molar-refractivity contribution is 0.670. The van der Waals surface area contributed by atoms with Crippen molar-refractivity contribution in [3.8, 4) is 27.9 Å². The summed E-state index contributed by atoms with van der Waals surface area (Å²) in [6.45, 7) is 4.42. The Labute approximate surface area is 274 Å². The number of nitrogens with zero attached hydrogens (tertiary/aromatic N) is 4. The molecule has 7 heteroatoms. The van der Waals surface area contributed by atoms with E-state index in [-0.39, 0.29) is 0 Å². The van der Waals surface area contributed by atoms with Gasteiger partial charge in [0, 0.05) is 16.3 Å². The van der Waals surface area contributed by atoms with Gasteiger partial charge in [0.15, 0.2) is 0 Å². The van der Waals surface area contributed by atoms with Crippen LogP contribution in [-0.4, -0.2) is 23.9 Å². The number of nitrogens with two attached hydrogens (primary N) is 1. The summed E-state index contributed by atoms with van der Waals surface area (Å²) in [5.41, 5.74) is 20.9. The van der Waals surface area contributed by atoms with Crippen LogP contribution in [0.1, 0.15) is 25.3 Å². The molecule has 0 spiro atoms. The van der Waals surface area contributed by atoms with Crippen molar-refractivity contribution in [1.82, 2.24) is 23.9 Å². The minimum Gasteiger partial charge on any atom is -0.455 e. The number of H-pyrrole nitrogens is 1. The Morgan fingerprint density at radius 3 is 2.27 bits per heavy atom. The highest BCUT2D eigenvalue weighted by molar-refractivity contribution is 6.11. The van der Waals surface area contributed by atoms with Crippen LogP contribution in [0.15, 0.2) is 126 Å². The molecule has 0 fully saturated rings. The van der Waals surface area contributed by atoms with Gasteiger partial charge in [-0.25, -0.2) is 9.97 Å². The zero-order valence-electron chi connectivity index (χ0n) is 26.4. The molecule has 48 heavy (non-hydrogen) atoms. The summed E-state index contributed by atoms with van der Waals surface area (Å²) in [7, 11) is 0. The van der Waals surface area contributed by atoms with Gasteiger partial charge in [0.25, 0.3) is 0 Å². The van der Waals surface area contributed by atoms with Gasteiger partial charge in [0.1, 0.15) is 11.2 Å². The van der Waals surface area contributed by atoms with Gasteiger partial charge in [0.05, 0.1) is 38.8 Å². The Hall–Kier alpha value is -6.34. The van der Waals surface area contributed by atoms with Gasteiger partial charge in [0.2, 0.25) is 11.7 Å². The molecule has 6 aromatic carbocycles. The summed E-state index contributed by atoms with van der Waals surface area (Å²) in [6, 6.07) is 42.4. The maximum absolute atomic E-state index is 6.61. The number of benzene rings is 6. The molecule has 4 aromatic heterocycles. The molecule has 10 aromatic rings. The molecule has 0 saturated carbocycles. The zero-order chi connectivity index (χ0) is 32.1. The SMILES string of the molecule is CC(C)c1ccc(-c2ccc3oc4c(-c5ccc6[nH]c7nc8ccccc8n7c6c5)cccc4c3c2)cc1-n1c(N)nc2ccccc21. The van der Waals surface area contributed by atoms with Crippen molar-refractivity contribution in [2.24, 2.45) is 0 Å². The molecule has 0 saturated heterocycles. The van der Waals surface area contributed by atoms with Crippen molar-refractivity contribution >= 4 is 66.8 Å². The van der Waals surface area contributed by atoms with Crippen molar-refractivity contribution in [3.63, 3.8) is 0 Å². The Morgan fingerprint density at radius 2 is 1.42 bits per heavy atom. The molecule has 0 aliphatic rings. The highest BCUT2D eigenvalue weighted by Gasteiger charge is 2.19. The molecular weight excluding hydrogens is 592 g/mol. The monoisotopic (exact) mass is 622 g/mol. The van der Waals surface area contributed by atoms with Crippen molar-refractivity contribution in [1.29, 1.82) is 0 Å². The first kappa shape index (κ1) is 26.8. The Kier molecular flexibility index (Phi) is 5.50. The van der Waals surface area contributed by atoms with E-state index in [2.05, 4.69) is 124 Å². The summed E-state index contributed by atoms with van der Waals surface area (Å²) in [4.78, 5) is 12.9. The summed E-state index contributed by atoms with van der Waals surface area (Å²) in [5.74, 6) is 1.63. The number of nitrogen functional groups attached to an aromatic ring is 1. The largest absolute Gasteiger partial charge is 0.455 e. The second kappa shape index (κ2) is 9.83. The topological polar surface area (TPSA) is 90.1 Å². The second-order valence-corrected chi connectivity index (χ2v) is 12.8. The number of para-hydroxylation sites is 5. The number of hydrogen-bond acceptors (Lipinski definition) is 4. The van der Waals surface area contributed by atoms with E-state index in [4.69, 9.17) is 15.1 Å². The highest BCUT2D eigenvalue weighted by Crippen LogP contribution is 2.40. The molecule has 10 rings (SSSR count). The smallest absolute Gasteiger partial charge is 0.213 e. The number of furan rings is 1. The van der Waals surface area contributed by atoms with E-state index in [0.717, 1.165) is 88.8 Å². The predicted molar refractivity (Wildman–Crippen MR) is 196 cm³/mol. The molecule has 0 aliphatic heterocycles. The predicted octanol–water partition coefficient (Wildman–Crippen LogP) is 10.2. The molecule has 0 aliphatic carbocycles. The molecule has 0 unspecified atom stereocenters. The van der Waals surface area contributed by atoms with Crippen LogP contribution in [-0.2, 0) is 0 Å². The number of fused-ring (bicyclic) bond motifs is 9. The number of anilines is 1. The highest BCUT2D eigenvalue weighted by atomic mass is 16.3. The zero-order valence-corrected chi connectivity index (χ0v) is 26.4. The normalized spacial score (nSPS) is 12.2. The Morgan fingerprint density at radius 1 is 0.667 bits per heavy atom. The lowest BCUT2D eigenvalue weighted by Gasteiger charge is -2.17. The maximum atomic E-state index is 6.61. The molecule has 0 atom stereocenters. The number of aromatic amines is 1. The first-order valence-corrected chi connectivity index (χ1v) is 16.2. The fraction of sp³-hybridized carbons (Fsp3) is 0.0732. The summed E-state index contributed by atoms with van der Waals surface area (Å²) < 4.78 is 10.9.